The van der Waals surface area contributed by atoms with E-state index in [4.69, 9.17) is 11.6 Å². The first-order valence-corrected chi connectivity index (χ1v) is 6.98. The van der Waals surface area contributed by atoms with Gasteiger partial charge in [-0.15, -0.1) is 0 Å². The molecule has 0 aliphatic carbocycles. The molecule has 0 aliphatic heterocycles. The molecule has 0 fully saturated rings. The Morgan fingerprint density at radius 1 is 1.37 bits per heavy atom. The van der Waals surface area contributed by atoms with E-state index in [1.165, 1.54) is 17.4 Å². The number of nitro groups is 1. The predicted octanol–water partition coefficient (Wildman–Crippen LogP) is 4.16. The number of rotatable bonds is 5. The Balaban J connectivity index is 1.98. The van der Waals surface area contributed by atoms with Gasteiger partial charge in [0.15, 0.2) is 0 Å². The van der Waals surface area contributed by atoms with Gasteiger partial charge in [-0.05, 0) is 24.6 Å². The molecular weight excluding hydrogens is 284 g/mol. The van der Waals surface area contributed by atoms with Gasteiger partial charge < -0.3 is 5.32 Å². The molecule has 19 heavy (non-hydrogen) atoms. The minimum Gasteiger partial charge on any atom is -0.305 e. The molecule has 1 heterocycles. The summed E-state index contributed by atoms with van der Waals surface area (Å²) in [6, 6.07) is 11.0. The third-order valence-corrected chi connectivity index (χ3v) is 4.16. The van der Waals surface area contributed by atoms with E-state index in [9.17, 15) is 10.1 Å². The lowest BCUT2D eigenvalue weighted by molar-refractivity contribution is -0.380. The van der Waals surface area contributed by atoms with Crippen LogP contribution in [0, 0.1) is 10.1 Å². The van der Waals surface area contributed by atoms with E-state index in [0.29, 0.717) is 6.54 Å². The van der Waals surface area contributed by atoms with Crippen molar-refractivity contribution < 1.29 is 4.92 Å². The molecule has 4 nitrogen and oxygen atoms in total. The maximum atomic E-state index is 10.6. The fraction of sp³-hybridized carbons (Fsp3) is 0.231. The lowest BCUT2D eigenvalue weighted by Crippen LogP contribution is -2.17. The summed E-state index contributed by atoms with van der Waals surface area (Å²) in [6.07, 6.45) is 0. The molecular formula is C13H13ClN2O2S. The number of hydrogen-bond donors (Lipinski definition) is 1. The summed E-state index contributed by atoms with van der Waals surface area (Å²) in [4.78, 5) is 11.2. The summed E-state index contributed by atoms with van der Waals surface area (Å²) in [5.74, 6) is 0. The van der Waals surface area contributed by atoms with Crippen molar-refractivity contribution in [2.24, 2.45) is 0 Å². The second-order valence-electron chi connectivity index (χ2n) is 4.12. The maximum Gasteiger partial charge on any atom is 0.324 e. The largest absolute Gasteiger partial charge is 0.324 e. The molecule has 100 valence electrons. The number of benzene rings is 1. The van der Waals surface area contributed by atoms with Gasteiger partial charge in [-0.1, -0.05) is 41.1 Å². The number of halogens is 1. The number of thiophene rings is 1. The van der Waals surface area contributed by atoms with Crippen LogP contribution in [0.2, 0.25) is 5.02 Å². The van der Waals surface area contributed by atoms with Gasteiger partial charge in [0.1, 0.15) is 0 Å². The molecule has 0 spiro atoms. The van der Waals surface area contributed by atoms with E-state index >= 15 is 0 Å². The Morgan fingerprint density at radius 2 is 2.11 bits per heavy atom. The van der Waals surface area contributed by atoms with Crippen LogP contribution in [-0.2, 0) is 6.54 Å². The van der Waals surface area contributed by atoms with Crippen LogP contribution >= 0.6 is 22.9 Å². The van der Waals surface area contributed by atoms with Crippen LogP contribution in [0.3, 0.4) is 0 Å². The second kappa shape index (κ2) is 6.14. The van der Waals surface area contributed by atoms with Gasteiger partial charge in [0.25, 0.3) is 0 Å². The van der Waals surface area contributed by atoms with Gasteiger partial charge in [0.05, 0.1) is 4.92 Å². The molecule has 0 bridgehead atoms. The standard InChI is InChI=1S/C13H13ClN2O2S/c1-9(11-4-2-3-5-12(11)14)15-8-10-6-7-13(19-10)16(17)18/h2-7,9,15H,8H2,1H3/t9-/m1/s1. The molecule has 0 radical (unpaired) electrons. The van der Waals surface area contributed by atoms with E-state index in [1.807, 2.05) is 31.2 Å². The van der Waals surface area contributed by atoms with Gasteiger partial charge in [-0.3, -0.25) is 10.1 Å². The summed E-state index contributed by atoms with van der Waals surface area (Å²) in [5, 5.41) is 14.8. The van der Waals surface area contributed by atoms with Crippen molar-refractivity contribution in [2.75, 3.05) is 0 Å². The zero-order valence-electron chi connectivity index (χ0n) is 10.3. The highest BCUT2D eigenvalue weighted by atomic mass is 35.5. The molecule has 1 aromatic carbocycles. The Morgan fingerprint density at radius 3 is 2.74 bits per heavy atom. The molecule has 2 rings (SSSR count). The van der Waals surface area contributed by atoms with Crippen molar-refractivity contribution in [1.29, 1.82) is 0 Å². The fourth-order valence-corrected chi connectivity index (χ4v) is 2.82. The highest BCUT2D eigenvalue weighted by molar-refractivity contribution is 7.15. The first kappa shape index (κ1) is 14.0. The highest BCUT2D eigenvalue weighted by Crippen LogP contribution is 2.26. The van der Waals surface area contributed by atoms with E-state index < -0.39 is 0 Å². The molecule has 1 N–H and O–H groups in total. The molecule has 0 saturated carbocycles. The first-order valence-electron chi connectivity index (χ1n) is 5.79. The number of nitrogens with one attached hydrogen (secondary N) is 1. The molecule has 1 atom stereocenters. The van der Waals surface area contributed by atoms with E-state index in [0.717, 1.165) is 15.5 Å². The Hall–Kier alpha value is -1.43. The van der Waals surface area contributed by atoms with Crippen molar-refractivity contribution in [3.63, 3.8) is 0 Å². The molecule has 0 amide bonds. The fourth-order valence-electron chi connectivity index (χ4n) is 1.75. The van der Waals surface area contributed by atoms with Gasteiger partial charge in [0.2, 0.25) is 0 Å². The van der Waals surface area contributed by atoms with E-state index in [1.54, 1.807) is 6.07 Å². The summed E-state index contributed by atoms with van der Waals surface area (Å²) in [7, 11) is 0. The normalized spacial score (nSPS) is 12.3. The van der Waals surface area contributed by atoms with Crippen molar-refractivity contribution in [1.82, 2.24) is 5.32 Å². The summed E-state index contributed by atoms with van der Waals surface area (Å²) in [5.41, 5.74) is 1.02. The van der Waals surface area contributed by atoms with E-state index in [-0.39, 0.29) is 16.0 Å². The van der Waals surface area contributed by atoms with Crippen LogP contribution < -0.4 is 5.32 Å². The molecule has 0 saturated heterocycles. The third kappa shape index (κ3) is 3.53. The van der Waals surface area contributed by atoms with Crippen LogP contribution in [0.15, 0.2) is 36.4 Å². The van der Waals surface area contributed by atoms with Crippen LogP contribution in [0.1, 0.15) is 23.4 Å². The minimum atomic E-state index is -0.369. The lowest BCUT2D eigenvalue weighted by Gasteiger charge is -2.14. The van der Waals surface area contributed by atoms with Crippen molar-refractivity contribution in [3.8, 4) is 0 Å². The van der Waals surface area contributed by atoms with Crippen LogP contribution in [0.5, 0.6) is 0 Å². The van der Waals surface area contributed by atoms with Gasteiger partial charge in [0, 0.05) is 28.6 Å². The zero-order valence-corrected chi connectivity index (χ0v) is 11.9. The van der Waals surface area contributed by atoms with Crippen molar-refractivity contribution >= 4 is 27.9 Å². The molecule has 6 heteroatoms. The van der Waals surface area contributed by atoms with Crippen LogP contribution in [-0.4, -0.2) is 4.92 Å². The van der Waals surface area contributed by atoms with E-state index in [2.05, 4.69) is 5.32 Å². The summed E-state index contributed by atoms with van der Waals surface area (Å²) in [6.45, 7) is 2.61. The average Bonchev–Trinajstić information content (AvgIpc) is 2.85. The SMILES string of the molecule is C[C@@H](NCc1ccc([N+](=O)[O-])s1)c1ccccc1Cl. The van der Waals surface area contributed by atoms with Gasteiger partial charge >= 0.3 is 5.00 Å². The third-order valence-electron chi connectivity index (χ3n) is 2.78. The summed E-state index contributed by atoms with van der Waals surface area (Å²) < 4.78 is 0. The predicted molar refractivity (Wildman–Crippen MR) is 77.7 cm³/mol. The summed E-state index contributed by atoms with van der Waals surface area (Å²) >= 11 is 7.31. The Kier molecular flexibility index (Phi) is 4.52. The highest BCUT2D eigenvalue weighted by Gasteiger charge is 2.12. The van der Waals surface area contributed by atoms with Crippen molar-refractivity contribution in [2.45, 2.75) is 19.5 Å². The van der Waals surface area contributed by atoms with Gasteiger partial charge in [-0.25, -0.2) is 0 Å². The monoisotopic (exact) mass is 296 g/mol. The zero-order chi connectivity index (χ0) is 13.8. The number of hydrogen-bond acceptors (Lipinski definition) is 4. The molecule has 0 unspecified atom stereocenters. The Bertz CT molecular complexity index is 586. The quantitative estimate of drug-likeness (QED) is 0.666. The molecule has 0 aliphatic rings. The average molecular weight is 297 g/mol. The smallest absolute Gasteiger partial charge is 0.305 e. The van der Waals surface area contributed by atoms with Gasteiger partial charge in [-0.2, -0.15) is 0 Å². The minimum absolute atomic E-state index is 0.0925. The number of nitrogens with zero attached hydrogens (tertiary/aromatic N) is 1. The Labute approximate surface area is 120 Å². The van der Waals surface area contributed by atoms with Crippen LogP contribution in [0.4, 0.5) is 5.00 Å². The molecule has 2 aromatic rings. The second-order valence-corrected chi connectivity index (χ2v) is 5.68. The van der Waals surface area contributed by atoms with Crippen LogP contribution in [0.25, 0.3) is 0 Å². The lowest BCUT2D eigenvalue weighted by atomic mass is 10.1. The van der Waals surface area contributed by atoms with Crippen molar-refractivity contribution in [3.05, 3.63) is 62.0 Å². The maximum absolute atomic E-state index is 10.6. The molecule has 1 aromatic heterocycles. The topological polar surface area (TPSA) is 55.2 Å². The first-order chi connectivity index (χ1) is 9.08.